The summed E-state index contributed by atoms with van der Waals surface area (Å²) in [5.74, 6) is -0.526. The molecule has 0 spiro atoms. The van der Waals surface area contributed by atoms with Gasteiger partial charge < -0.3 is 15.3 Å². The summed E-state index contributed by atoms with van der Waals surface area (Å²) >= 11 is 0. The lowest BCUT2D eigenvalue weighted by atomic mass is 10.1. The number of aromatic nitrogens is 4. The molecule has 0 amide bonds. The number of sulfone groups is 1. The Kier molecular flexibility index (Phi) is 6.16. The molecule has 1 unspecified atom stereocenters. The molecule has 4 aromatic rings. The standard InChI is InChI=1S/C22H20FN5O4S.3H2/c1-13(10-11-29)33(30,31)15-8-6-14(7-9-15)18-12-25-20(24)19(26-18)22-28-27-21(32-22)16-4-2-3-5-17(16)23;;;/h2-9,12-13,29H,10-11H2,1H3,(H2,24,25);3*1H. The first kappa shape index (κ1) is 22.5. The number of aliphatic hydroxyl groups excluding tert-OH is 1. The highest BCUT2D eigenvalue weighted by Crippen LogP contribution is 2.29. The van der Waals surface area contributed by atoms with Crippen molar-refractivity contribution >= 4 is 15.7 Å². The summed E-state index contributed by atoms with van der Waals surface area (Å²) in [7, 11) is -3.57. The predicted octanol–water partition coefficient (Wildman–Crippen LogP) is 3.86. The molecule has 3 N–H and O–H groups in total. The van der Waals surface area contributed by atoms with Gasteiger partial charge in [0.05, 0.1) is 27.6 Å². The van der Waals surface area contributed by atoms with Gasteiger partial charge in [0.1, 0.15) is 5.82 Å². The van der Waals surface area contributed by atoms with Gasteiger partial charge in [-0.2, -0.15) is 0 Å². The van der Waals surface area contributed by atoms with Gasteiger partial charge in [-0.1, -0.05) is 24.3 Å². The smallest absolute Gasteiger partial charge is 0.270 e. The molecule has 1 atom stereocenters. The van der Waals surface area contributed by atoms with Crippen LogP contribution in [0.25, 0.3) is 34.3 Å². The first-order chi connectivity index (χ1) is 15.8. The molecule has 2 aromatic carbocycles. The second kappa shape index (κ2) is 9.04. The summed E-state index contributed by atoms with van der Waals surface area (Å²) in [4.78, 5) is 8.70. The predicted molar refractivity (Wildman–Crippen MR) is 125 cm³/mol. The molecule has 33 heavy (non-hydrogen) atoms. The third kappa shape index (κ3) is 4.45. The van der Waals surface area contributed by atoms with Crippen LogP contribution >= 0.6 is 0 Å². The van der Waals surface area contributed by atoms with E-state index < -0.39 is 20.9 Å². The van der Waals surface area contributed by atoms with Crippen molar-refractivity contribution in [1.82, 2.24) is 20.2 Å². The maximum absolute atomic E-state index is 14.0. The molecule has 0 aliphatic carbocycles. The van der Waals surface area contributed by atoms with Crippen molar-refractivity contribution in [3.8, 4) is 34.3 Å². The van der Waals surface area contributed by atoms with Gasteiger partial charge in [-0.25, -0.2) is 22.8 Å². The van der Waals surface area contributed by atoms with E-state index in [2.05, 4.69) is 20.2 Å². The van der Waals surface area contributed by atoms with Gasteiger partial charge in [-0.15, -0.1) is 10.2 Å². The largest absolute Gasteiger partial charge is 0.414 e. The molecule has 2 heterocycles. The molecule has 0 bridgehead atoms. The van der Waals surface area contributed by atoms with E-state index in [9.17, 15) is 12.8 Å². The monoisotopic (exact) mass is 475 g/mol. The minimum atomic E-state index is -3.57. The number of nitrogens with two attached hydrogens (primary N) is 1. The van der Waals surface area contributed by atoms with Crippen LogP contribution in [0.1, 0.15) is 17.6 Å². The van der Waals surface area contributed by atoms with Crippen LogP contribution in [0.15, 0.2) is 64.0 Å². The van der Waals surface area contributed by atoms with Crippen LogP contribution < -0.4 is 5.73 Å². The van der Waals surface area contributed by atoms with E-state index in [1.807, 2.05) is 0 Å². The van der Waals surface area contributed by atoms with E-state index in [0.29, 0.717) is 11.3 Å². The summed E-state index contributed by atoms with van der Waals surface area (Å²) in [6.07, 6.45) is 1.58. The Morgan fingerprint density at radius 3 is 2.52 bits per heavy atom. The van der Waals surface area contributed by atoms with E-state index in [1.54, 1.807) is 31.2 Å². The van der Waals surface area contributed by atoms with Crippen molar-refractivity contribution in [1.29, 1.82) is 0 Å². The van der Waals surface area contributed by atoms with E-state index in [0.717, 1.165) is 0 Å². The summed E-state index contributed by atoms with van der Waals surface area (Å²) in [5.41, 5.74) is 7.20. The van der Waals surface area contributed by atoms with Crippen LogP contribution in [-0.2, 0) is 9.84 Å². The quantitative estimate of drug-likeness (QED) is 0.407. The van der Waals surface area contributed by atoms with Crippen molar-refractivity contribution in [2.75, 3.05) is 12.3 Å². The van der Waals surface area contributed by atoms with Crippen LogP contribution in [0.2, 0.25) is 0 Å². The molecule has 176 valence electrons. The van der Waals surface area contributed by atoms with Crippen molar-refractivity contribution < 1.29 is 26.6 Å². The van der Waals surface area contributed by atoms with Gasteiger partial charge >= 0.3 is 0 Å². The van der Waals surface area contributed by atoms with Crippen LogP contribution in [0.4, 0.5) is 10.2 Å². The van der Waals surface area contributed by atoms with E-state index in [4.69, 9.17) is 15.3 Å². The average Bonchev–Trinajstić information content (AvgIpc) is 3.30. The van der Waals surface area contributed by atoms with Crippen LogP contribution in [0.3, 0.4) is 0 Å². The number of nitrogen functional groups attached to an aromatic ring is 1. The number of rotatable bonds is 7. The Balaban J connectivity index is 0.00000216. The molecule has 9 nitrogen and oxygen atoms in total. The molecule has 11 heteroatoms. The summed E-state index contributed by atoms with van der Waals surface area (Å²) < 4.78 is 44.8. The third-order valence-electron chi connectivity index (χ3n) is 5.08. The van der Waals surface area contributed by atoms with Gasteiger partial charge in [0, 0.05) is 16.5 Å². The van der Waals surface area contributed by atoms with Crippen LogP contribution in [-0.4, -0.2) is 45.5 Å². The summed E-state index contributed by atoms with van der Waals surface area (Å²) in [5, 5.41) is 16.1. The van der Waals surface area contributed by atoms with E-state index in [-0.39, 0.29) is 51.1 Å². The van der Waals surface area contributed by atoms with Crippen molar-refractivity contribution in [2.24, 2.45) is 0 Å². The fraction of sp³-hybridized carbons (Fsp3) is 0.182. The van der Waals surface area contributed by atoms with Gasteiger partial charge in [0.15, 0.2) is 21.3 Å². The zero-order valence-corrected chi connectivity index (χ0v) is 18.3. The molecule has 0 aliphatic rings. The zero-order chi connectivity index (χ0) is 23.6. The summed E-state index contributed by atoms with van der Waals surface area (Å²) in [6, 6.07) is 12.1. The average molecular weight is 476 g/mol. The van der Waals surface area contributed by atoms with Crippen molar-refractivity contribution in [2.45, 2.75) is 23.5 Å². The van der Waals surface area contributed by atoms with Crippen LogP contribution in [0, 0.1) is 5.82 Å². The molecule has 4 rings (SSSR count). The van der Waals surface area contributed by atoms with Crippen molar-refractivity contribution in [3.05, 3.63) is 60.5 Å². The normalized spacial score (nSPS) is 12.6. The number of aliphatic hydroxyl groups is 1. The molecular weight excluding hydrogens is 449 g/mol. The topological polar surface area (TPSA) is 145 Å². The maximum Gasteiger partial charge on any atom is 0.270 e. The molecule has 0 radical (unpaired) electrons. The van der Waals surface area contributed by atoms with Gasteiger partial charge in [-0.3, -0.25) is 0 Å². The van der Waals surface area contributed by atoms with Gasteiger partial charge in [0.25, 0.3) is 11.8 Å². The van der Waals surface area contributed by atoms with Crippen LogP contribution in [0.5, 0.6) is 0 Å². The van der Waals surface area contributed by atoms with Gasteiger partial charge in [-0.05, 0) is 37.6 Å². The highest BCUT2D eigenvalue weighted by molar-refractivity contribution is 7.92. The second-order valence-electron chi connectivity index (χ2n) is 7.27. The Morgan fingerprint density at radius 2 is 1.82 bits per heavy atom. The highest BCUT2D eigenvalue weighted by Gasteiger charge is 2.23. The van der Waals surface area contributed by atoms with Gasteiger partial charge in [0.2, 0.25) is 0 Å². The second-order valence-corrected chi connectivity index (χ2v) is 9.64. The first-order valence-corrected chi connectivity index (χ1v) is 11.5. The van der Waals surface area contributed by atoms with Crippen molar-refractivity contribution in [3.63, 3.8) is 0 Å². The minimum absolute atomic E-state index is 0. The number of benzene rings is 2. The number of anilines is 1. The van der Waals surface area contributed by atoms with E-state index >= 15 is 0 Å². The SMILES string of the molecule is CC(CCO)S(=O)(=O)c1ccc(-c2cnc(N)c(-c3nnc(-c4ccccc4F)o3)n2)cc1.[HH].[HH].[HH]. The third-order valence-corrected chi connectivity index (χ3v) is 7.30. The van der Waals surface area contributed by atoms with E-state index in [1.165, 1.54) is 30.5 Å². The lowest BCUT2D eigenvalue weighted by Gasteiger charge is -2.12. The zero-order valence-electron chi connectivity index (χ0n) is 17.5. The molecule has 0 fully saturated rings. The molecule has 0 saturated carbocycles. The molecule has 2 aromatic heterocycles. The number of hydrogen-bond donors (Lipinski definition) is 2. The Bertz CT molecular complexity index is 1410. The molecule has 0 aliphatic heterocycles. The Hall–Kier alpha value is -3.70. The Labute approximate surface area is 193 Å². The lowest BCUT2D eigenvalue weighted by molar-refractivity contribution is 0.287. The lowest BCUT2D eigenvalue weighted by Crippen LogP contribution is -2.19. The fourth-order valence-corrected chi connectivity index (χ4v) is 4.54. The minimum Gasteiger partial charge on any atom is -0.414 e. The maximum atomic E-state index is 14.0. The molecule has 0 saturated heterocycles. The Morgan fingerprint density at radius 1 is 1.12 bits per heavy atom. The first-order valence-electron chi connectivity index (χ1n) is 9.97. The highest BCUT2D eigenvalue weighted by atomic mass is 32.2. The number of hydrogen-bond acceptors (Lipinski definition) is 9. The fourth-order valence-electron chi connectivity index (χ4n) is 3.14. The summed E-state index contributed by atoms with van der Waals surface area (Å²) in [6.45, 7) is 1.34. The number of halogens is 1. The number of nitrogens with zero attached hydrogens (tertiary/aromatic N) is 4. The molecular formula is C22H26FN5O4S.